The maximum Gasteiger partial charge on any atom is 0.315 e. The summed E-state index contributed by atoms with van der Waals surface area (Å²) in [5, 5.41) is 6.00. The lowest BCUT2D eigenvalue weighted by Gasteiger charge is -2.12. The van der Waals surface area contributed by atoms with Gasteiger partial charge in [0.2, 0.25) is 0 Å². The van der Waals surface area contributed by atoms with Gasteiger partial charge in [-0.2, -0.15) is 0 Å². The van der Waals surface area contributed by atoms with E-state index >= 15 is 0 Å². The summed E-state index contributed by atoms with van der Waals surface area (Å²) in [7, 11) is 0. The molecule has 0 aliphatic carbocycles. The van der Waals surface area contributed by atoms with Gasteiger partial charge in [0, 0.05) is 25.1 Å². The number of amides is 2. The Kier molecular flexibility index (Phi) is 4.92. The van der Waals surface area contributed by atoms with Crippen LogP contribution in [-0.2, 0) is 13.1 Å². The highest BCUT2D eigenvalue weighted by Crippen LogP contribution is 2.37. The molecule has 1 aliphatic heterocycles. The molecule has 1 aromatic carbocycles. The van der Waals surface area contributed by atoms with Gasteiger partial charge in [-0.1, -0.05) is 11.6 Å². The van der Waals surface area contributed by atoms with Crippen LogP contribution in [0.4, 0.5) is 4.79 Å². The first-order chi connectivity index (χ1) is 11.2. The van der Waals surface area contributed by atoms with Gasteiger partial charge in [-0.25, -0.2) is 4.79 Å². The number of urea groups is 1. The Morgan fingerprint density at radius 2 is 1.91 bits per heavy atom. The number of hydrogen-bond acceptors (Lipinski definition) is 4. The van der Waals surface area contributed by atoms with Crippen LogP contribution >= 0.6 is 11.6 Å². The largest absolute Gasteiger partial charge is 0.489 e. The van der Waals surface area contributed by atoms with Crippen molar-refractivity contribution in [3.05, 3.63) is 46.9 Å². The summed E-state index contributed by atoms with van der Waals surface area (Å²) in [6.45, 7) is 1.92. The van der Waals surface area contributed by atoms with E-state index in [4.69, 9.17) is 25.5 Å². The summed E-state index contributed by atoms with van der Waals surface area (Å²) in [6.07, 6.45) is 3.97. The van der Waals surface area contributed by atoms with Crippen molar-refractivity contribution < 1.29 is 18.7 Å². The Hall–Kier alpha value is -2.34. The van der Waals surface area contributed by atoms with E-state index in [9.17, 15) is 4.79 Å². The molecule has 3 rings (SSSR count). The monoisotopic (exact) mass is 336 g/mol. The van der Waals surface area contributed by atoms with Gasteiger partial charge in [0.15, 0.2) is 11.5 Å². The molecular formula is C16H17ClN2O4. The Bertz CT molecular complexity index is 673. The number of fused-ring (bicyclic) bond motifs is 1. The fourth-order valence-corrected chi connectivity index (χ4v) is 2.49. The molecule has 2 amide bonds. The highest BCUT2D eigenvalue weighted by Gasteiger charge is 2.15. The quantitative estimate of drug-likeness (QED) is 0.900. The van der Waals surface area contributed by atoms with Crippen molar-refractivity contribution in [2.75, 3.05) is 13.2 Å². The molecule has 2 aromatic rings. The lowest BCUT2D eigenvalue weighted by atomic mass is 10.2. The van der Waals surface area contributed by atoms with Gasteiger partial charge in [-0.05, 0) is 23.8 Å². The first-order valence-electron chi connectivity index (χ1n) is 7.33. The Labute approximate surface area is 138 Å². The lowest BCUT2D eigenvalue weighted by molar-refractivity contribution is 0.240. The molecule has 6 nitrogen and oxygen atoms in total. The van der Waals surface area contributed by atoms with Gasteiger partial charge >= 0.3 is 6.03 Å². The minimum Gasteiger partial charge on any atom is -0.489 e. The summed E-state index contributed by atoms with van der Waals surface area (Å²) in [6, 6.07) is 5.13. The SMILES string of the molecule is O=C(NCc1ccoc1)NCc1cc(Cl)c2c(c1)OCCCO2. The summed E-state index contributed by atoms with van der Waals surface area (Å²) < 4.78 is 16.1. The maximum absolute atomic E-state index is 11.8. The molecule has 1 aliphatic rings. The van der Waals surface area contributed by atoms with Crippen LogP contribution in [0.15, 0.2) is 35.1 Å². The molecule has 0 spiro atoms. The van der Waals surface area contributed by atoms with Gasteiger partial charge in [0.1, 0.15) is 0 Å². The Balaban J connectivity index is 1.56. The fourth-order valence-electron chi connectivity index (χ4n) is 2.21. The zero-order chi connectivity index (χ0) is 16.1. The van der Waals surface area contributed by atoms with E-state index in [2.05, 4.69) is 10.6 Å². The highest BCUT2D eigenvalue weighted by molar-refractivity contribution is 6.32. The summed E-state index contributed by atoms with van der Waals surface area (Å²) in [5.74, 6) is 1.18. The summed E-state index contributed by atoms with van der Waals surface area (Å²) in [5.41, 5.74) is 1.75. The van der Waals surface area contributed by atoms with Crippen LogP contribution in [0.1, 0.15) is 17.5 Å². The van der Waals surface area contributed by atoms with Gasteiger partial charge in [0.05, 0.1) is 30.8 Å². The molecule has 122 valence electrons. The predicted octanol–water partition coefficient (Wildman–Crippen LogP) is 3.09. The number of hydrogen-bond donors (Lipinski definition) is 2. The van der Waals surface area contributed by atoms with Crippen LogP contribution in [0.2, 0.25) is 5.02 Å². The average molecular weight is 337 g/mol. The standard InChI is InChI=1S/C16H17ClN2O4/c17-13-6-12(7-14-15(13)23-4-1-3-22-14)9-19-16(20)18-8-11-2-5-21-10-11/h2,5-7,10H,1,3-4,8-9H2,(H2,18,19,20). The van der Waals surface area contributed by atoms with Gasteiger partial charge in [-0.3, -0.25) is 0 Å². The van der Waals surface area contributed by atoms with Gasteiger partial charge in [0.25, 0.3) is 0 Å². The zero-order valence-electron chi connectivity index (χ0n) is 12.4. The van der Waals surface area contributed by atoms with Crippen molar-refractivity contribution in [2.24, 2.45) is 0 Å². The molecule has 2 heterocycles. The number of carbonyl (C=O) groups excluding carboxylic acids is 1. The van der Waals surface area contributed by atoms with E-state index in [1.54, 1.807) is 24.7 Å². The smallest absolute Gasteiger partial charge is 0.315 e. The van der Waals surface area contributed by atoms with Crippen molar-refractivity contribution in [1.29, 1.82) is 0 Å². The first-order valence-corrected chi connectivity index (χ1v) is 7.71. The molecule has 0 radical (unpaired) electrons. The van der Waals surface area contributed by atoms with E-state index in [1.807, 2.05) is 6.07 Å². The van der Waals surface area contributed by atoms with Crippen LogP contribution in [0.25, 0.3) is 0 Å². The molecule has 7 heteroatoms. The Morgan fingerprint density at radius 3 is 2.70 bits per heavy atom. The van der Waals surface area contributed by atoms with E-state index in [-0.39, 0.29) is 6.03 Å². The first kappa shape index (κ1) is 15.6. The minimum absolute atomic E-state index is 0.269. The maximum atomic E-state index is 11.8. The molecule has 0 bridgehead atoms. The van der Waals surface area contributed by atoms with E-state index < -0.39 is 0 Å². The van der Waals surface area contributed by atoms with E-state index in [0.717, 1.165) is 17.5 Å². The topological polar surface area (TPSA) is 72.7 Å². The molecule has 0 saturated carbocycles. The van der Waals surface area contributed by atoms with Crippen LogP contribution in [0.5, 0.6) is 11.5 Å². The second-order valence-corrected chi connectivity index (χ2v) is 5.53. The average Bonchev–Trinajstić information content (AvgIpc) is 2.95. The Morgan fingerprint density at radius 1 is 1.13 bits per heavy atom. The number of carbonyl (C=O) groups is 1. The van der Waals surface area contributed by atoms with Crippen molar-refractivity contribution in [1.82, 2.24) is 10.6 Å². The third kappa shape index (κ3) is 4.10. The molecule has 2 N–H and O–H groups in total. The molecule has 23 heavy (non-hydrogen) atoms. The number of benzene rings is 1. The van der Waals surface area contributed by atoms with E-state index in [0.29, 0.717) is 42.8 Å². The molecule has 0 saturated heterocycles. The molecular weight excluding hydrogens is 320 g/mol. The van der Waals surface area contributed by atoms with Gasteiger partial charge < -0.3 is 24.5 Å². The number of furan rings is 1. The van der Waals surface area contributed by atoms with Crippen molar-refractivity contribution >= 4 is 17.6 Å². The van der Waals surface area contributed by atoms with Crippen LogP contribution in [0, 0.1) is 0 Å². The minimum atomic E-state index is -0.269. The summed E-state index contributed by atoms with van der Waals surface area (Å²) >= 11 is 6.22. The molecule has 0 unspecified atom stereocenters. The van der Waals surface area contributed by atoms with Crippen molar-refractivity contribution in [2.45, 2.75) is 19.5 Å². The number of halogens is 1. The summed E-state index contributed by atoms with van der Waals surface area (Å²) in [4.78, 5) is 11.8. The van der Waals surface area contributed by atoms with Crippen LogP contribution in [-0.4, -0.2) is 19.2 Å². The fraction of sp³-hybridized carbons (Fsp3) is 0.312. The number of rotatable bonds is 4. The number of ether oxygens (including phenoxy) is 2. The normalized spacial score (nSPS) is 13.3. The predicted molar refractivity (Wildman–Crippen MR) is 84.8 cm³/mol. The van der Waals surface area contributed by atoms with Crippen molar-refractivity contribution in [3.63, 3.8) is 0 Å². The third-order valence-corrected chi connectivity index (χ3v) is 3.63. The zero-order valence-corrected chi connectivity index (χ0v) is 13.2. The molecule has 0 fully saturated rings. The van der Waals surface area contributed by atoms with Crippen LogP contribution < -0.4 is 20.1 Å². The van der Waals surface area contributed by atoms with Crippen molar-refractivity contribution in [3.8, 4) is 11.5 Å². The van der Waals surface area contributed by atoms with E-state index in [1.165, 1.54) is 0 Å². The molecule has 0 atom stereocenters. The number of nitrogens with one attached hydrogen (secondary N) is 2. The second kappa shape index (κ2) is 7.28. The lowest BCUT2D eigenvalue weighted by Crippen LogP contribution is -2.34. The van der Waals surface area contributed by atoms with Crippen LogP contribution in [0.3, 0.4) is 0 Å². The highest BCUT2D eigenvalue weighted by atomic mass is 35.5. The second-order valence-electron chi connectivity index (χ2n) is 5.12. The third-order valence-electron chi connectivity index (χ3n) is 3.35. The molecule has 1 aromatic heterocycles. The van der Waals surface area contributed by atoms with Gasteiger partial charge in [-0.15, -0.1) is 0 Å².